The highest BCUT2D eigenvalue weighted by Gasteiger charge is 2.34. The number of carbonyl (C=O) groups is 2. The zero-order chi connectivity index (χ0) is 30.7. The fourth-order valence-corrected chi connectivity index (χ4v) is 5.35. The smallest absolute Gasteiger partial charge is 0.244 e. The molecule has 0 unspecified atom stereocenters. The number of para-hydroxylation sites is 2. The van der Waals surface area contributed by atoms with Crippen molar-refractivity contribution in [3.63, 3.8) is 0 Å². The first-order chi connectivity index (χ1) is 20.1. The number of anilines is 1. The van der Waals surface area contributed by atoms with Gasteiger partial charge in [0.05, 0.1) is 25.7 Å². The number of amides is 2. The van der Waals surface area contributed by atoms with E-state index in [1.807, 2.05) is 56.3 Å². The van der Waals surface area contributed by atoms with Gasteiger partial charge in [-0.1, -0.05) is 61.5 Å². The molecule has 10 heteroatoms. The van der Waals surface area contributed by atoms with E-state index in [9.17, 15) is 18.0 Å². The normalized spacial score (nSPS) is 12.6. The number of sulfonamides is 1. The van der Waals surface area contributed by atoms with E-state index in [0.29, 0.717) is 24.5 Å². The molecule has 2 amide bonds. The number of nitrogens with one attached hydrogen (secondary N) is 1. The topological polar surface area (TPSA) is 105 Å². The van der Waals surface area contributed by atoms with Gasteiger partial charge in [-0.3, -0.25) is 13.9 Å². The SMILES string of the molecule is CCOc1ccccc1N(CC(=O)N(Cc1cccc(OC)c1)[C@H](Cc1ccccc1)C(=O)N[C@H](C)CC)S(C)(=O)=O. The predicted octanol–water partition coefficient (Wildman–Crippen LogP) is 4.41. The molecule has 0 radical (unpaired) electrons. The van der Waals surface area contributed by atoms with Gasteiger partial charge in [0.15, 0.2) is 0 Å². The van der Waals surface area contributed by atoms with Crippen LogP contribution in [-0.4, -0.2) is 63.7 Å². The average Bonchev–Trinajstić information content (AvgIpc) is 2.98. The lowest BCUT2D eigenvalue weighted by Crippen LogP contribution is -2.54. The van der Waals surface area contributed by atoms with Gasteiger partial charge in [-0.05, 0) is 55.7 Å². The molecule has 9 nitrogen and oxygen atoms in total. The molecular formula is C32H41N3O6S. The number of rotatable bonds is 15. The number of methoxy groups -OCH3 is 1. The molecule has 0 aliphatic heterocycles. The van der Waals surface area contributed by atoms with Crippen molar-refractivity contribution in [1.29, 1.82) is 0 Å². The molecule has 226 valence electrons. The molecule has 3 aromatic carbocycles. The molecule has 0 fully saturated rings. The van der Waals surface area contributed by atoms with Gasteiger partial charge in [0.2, 0.25) is 21.8 Å². The van der Waals surface area contributed by atoms with Gasteiger partial charge < -0.3 is 19.7 Å². The third-order valence-corrected chi connectivity index (χ3v) is 8.00. The van der Waals surface area contributed by atoms with Gasteiger partial charge in [0.25, 0.3) is 0 Å². The highest BCUT2D eigenvalue weighted by atomic mass is 32.2. The number of carbonyl (C=O) groups excluding carboxylic acids is 2. The predicted molar refractivity (Wildman–Crippen MR) is 165 cm³/mol. The summed E-state index contributed by atoms with van der Waals surface area (Å²) < 4.78 is 38.2. The Morgan fingerprint density at radius 3 is 2.24 bits per heavy atom. The Hall–Kier alpha value is -4.05. The Bertz CT molecular complexity index is 1430. The van der Waals surface area contributed by atoms with Crippen LogP contribution in [0.2, 0.25) is 0 Å². The van der Waals surface area contributed by atoms with E-state index in [1.165, 1.54) is 4.90 Å². The Balaban J connectivity index is 2.10. The summed E-state index contributed by atoms with van der Waals surface area (Å²) >= 11 is 0. The number of ether oxygens (including phenoxy) is 2. The maximum absolute atomic E-state index is 14.3. The van der Waals surface area contributed by atoms with Gasteiger partial charge >= 0.3 is 0 Å². The largest absolute Gasteiger partial charge is 0.497 e. The molecule has 42 heavy (non-hydrogen) atoms. The van der Waals surface area contributed by atoms with Gasteiger partial charge in [0.1, 0.15) is 24.1 Å². The van der Waals surface area contributed by atoms with E-state index in [4.69, 9.17) is 9.47 Å². The van der Waals surface area contributed by atoms with E-state index in [2.05, 4.69) is 5.32 Å². The van der Waals surface area contributed by atoms with Crippen molar-refractivity contribution in [1.82, 2.24) is 10.2 Å². The molecule has 0 bridgehead atoms. The van der Waals surface area contributed by atoms with Gasteiger partial charge in [0, 0.05) is 19.0 Å². The lowest BCUT2D eigenvalue weighted by Gasteiger charge is -2.34. The summed E-state index contributed by atoms with van der Waals surface area (Å²) in [6.07, 6.45) is 2.00. The minimum Gasteiger partial charge on any atom is -0.497 e. The first-order valence-electron chi connectivity index (χ1n) is 14.0. The van der Waals surface area contributed by atoms with Crippen LogP contribution >= 0.6 is 0 Å². The van der Waals surface area contributed by atoms with Crippen LogP contribution in [0.5, 0.6) is 11.5 Å². The van der Waals surface area contributed by atoms with E-state index in [0.717, 1.165) is 21.7 Å². The zero-order valence-corrected chi connectivity index (χ0v) is 25.8. The number of hydrogen-bond acceptors (Lipinski definition) is 6. The molecule has 0 aromatic heterocycles. The lowest BCUT2D eigenvalue weighted by atomic mass is 10.0. The first-order valence-corrected chi connectivity index (χ1v) is 15.9. The molecule has 1 N–H and O–H groups in total. The number of benzene rings is 3. The highest BCUT2D eigenvalue weighted by molar-refractivity contribution is 7.92. The second-order valence-corrected chi connectivity index (χ2v) is 12.0. The van der Waals surface area contributed by atoms with Gasteiger partial charge in [-0.15, -0.1) is 0 Å². The minimum atomic E-state index is -3.91. The Morgan fingerprint density at radius 1 is 0.929 bits per heavy atom. The van der Waals surface area contributed by atoms with Gasteiger partial charge in [-0.25, -0.2) is 8.42 Å². The summed E-state index contributed by atoms with van der Waals surface area (Å²) in [5.74, 6) is 0.0970. The van der Waals surface area contributed by atoms with E-state index in [-0.39, 0.29) is 30.6 Å². The molecule has 0 saturated heterocycles. The van der Waals surface area contributed by atoms with Crippen molar-refractivity contribution in [2.45, 2.75) is 52.2 Å². The van der Waals surface area contributed by atoms with Crippen molar-refractivity contribution in [3.05, 3.63) is 90.0 Å². The van der Waals surface area contributed by atoms with Crippen molar-refractivity contribution in [2.75, 3.05) is 30.8 Å². The zero-order valence-electron chi connectivity index (χ0n) is 24.9. The van der Waals surface area contributed by atoms with E-state index >= 15 is 0 Å². The summed E-state index contributed by atoms with van der Waals surface area (Å²) in [5, 5.41) is 3.03. The summed E-state index contributed by atoms with van der Waals surface area (Å²) in [7, 11) is -2.36. The van der Waals surface area contributed by atoms with Crippen molar-refractivity contribution >= 4 is 27.5 Å². The minimum absolute atomic E-state index is 0.0617. The molecule has 0 heterocycles. The first kappa shape index (κ1) is 32.5. The Labute approximate surface area is 249 Å². The molecular weight excluding hydrogens is 554 g/mol. The molecule has 3 aromatic rings. The summed E-state index contributed by atoms with van der Waals surface area (Å²) in [6, 6.07) is 22.3. The third-order valence-electron chi connectivity index (χ3n) is 6.87. The fourth-order valence-electron chi connectivity index (χ4n) is 4.50. The lowest BCUT2D eigenvalue weighted by molar-refractivity contribution is -0.140. The van der Waals surface area contributed by atoms with Crippen LogP contribution in [0.25, 0.3) is 0 Å². The van der Waals surface area contributed by atoms with Crippen molar-refractivity contribution in [3.8, 4) is 11.5 Å². The summed E-state index contributed by atoms with van der Waals surface area (Å²) in [5.41, 5.74) is 1.85. The van der Waals surface area contributed by atoms with Crippen LogP contribution in [-0.2, 0) is 32.6 Å². The standard InChI is InChI=1S/C32H41N3O6S/c1-6-24(3)33-32(37)29(21-25-14-9-8-10-15-25)34(22-26-16-13-17-27(20-26)40-4)31(36)23-35(42(5,38)39)28-18-11-12-19-30(28)41-7-2/h8-20,24,29H,6-7,21-23H2,1-5H3,(H,33,37)/t24-,29-/m1/s1. The third kappa shape index (κ3) is 8.97. The Morgan fingerprint density at radius 2 is 1.60 bits per heavy atom. The maximum Gasteiger partial charge on any atom is 0.244 e. The van der Waals surface area contributed by atoms with Crippen LogP contribution in [0.1, 0.15) is 38.3 Å². The van der Waals surface area contributed by atoms with Crippen LogP contribution in [0.3, 0.4) is 0 Å². The molecule has 3 rings (SSSR count). The van der Waals surface area contributed by atoms with Crippen LogP contribution in [0.15, 0.2) is 78.9 Å². The molecule has 0 spiro atoms. The fraction of sp³-hybridized carbons (Fsp3) is 0.375. The maximum atomic E-state index is 14.3. The Kier molecular flexibility index (Phi) is 11.8. The molecule has 0 saturated carbocycles. The van der Waals surface area contributed by atoms with E-state index < -0.39 is 28.5 Å². The van der Waals surface area contributed by atoms with E-state index in [1.54, 1.807) is 50.4 Å². The van der Waals surface area contributed by atoms with Crippen molar-refractivity contribution < 1.29 is 27.5 Å². The van der Waals surface area contributed by atoms with Gasteiger partial charge in [-0.2, -0.15) is 0 Å². The van der Waals surface area contributed by atoms with Crippen LogP contribution in [0, 0.1) is 0 Å². The summed E-state index contributed by atoms with van der Waals surface area (Å²) in [4.78, 5) is 29.5. The number of nitrogens with zero attached hydrogens (tertiary/aromatic N) is 2. The second kappa shape index (κ2) is 15.3. The average molecular weight is 596 g/mol. The van der Waals surface area contributed by atoms with Crippen LogP contribution in [0.4, 0.5) is 5.69 Å². The second-order valence-electron chi connectivity index (χ2n) is 10.1. The monoisotopic (exact) mass is 595 g/mol. The van der Waals surface area contributed by atoms with Crippen LogP contribution < -0.4 is 19.1 Å². The van der Waals surface area contributed by atoms with Crippen molar-refractivity contribution in [2.24, 2.45) is 0 Å². The molecule has 0 aliphatic carbocycles. The highest BCUT2D eigenvalue weighted by Crippen LogP contribution is 2.30. The quantitative estimate of drug-likeness (QED) is 0.279. The molecule has 0 aliphatic rings. The molecule has 2 atom stereocenters. The summed E-state index contributed by atoms with van der Waals surface area (Å²) in [6.45, 7) is 5.53. The number of hydrogen-bond donors (Lipinski definition) is 1.